The highest BCUT2D eigenvalue weighted by Crippen LogP contribution is 2.21. The molecule has 0 N–H and O–H groups in total. The Morgan fingerprint density at radius 3 is 2.04 bits per heavy atom. The molecule has 3 rings (SSSR count). The van der Waals surface area contributed by atoms with Crippen molar-refractivity contribution in [2.75, 3.05) is 0 Å². The van der Waals surface area contributed by atoms with E-state index < -0.39 is 32.4 Å². The van der Waals surface area contributed by atoms with E-state index in [9.17, 15) is 18.0 Å². The van der Waals surface area contributed by atoms with Crippen LogP contribution >= 0.6 is 22.9 Å². The number of benzene rings is 2. The Balaban J connectivity index is 1.89. The van der Waals surface area contributed by atoms with Crippen molar-refractivity contribution >= 4 is 28.9 Å². The van der Waals surface area contributed by atoms with Gasteiger partial charge in [0, 0.05) is 11.1 Å². The van der Waals surface area contributed by atoms with Gasteiger partial charge in [-0.15, -0.1) is 0 Å². The van der Waals surface area contributed by atoms with E-state index in [1.807, 2.05) is 12.1 Å². The molecular weight excluding hydrogens is 500 g/mol. The second kappa shape index (κ2) is 7.98. The number of halogens is 5. The summed E-state index contributed by atoms with van der Waals surface area (Å²) in [5.74, 6) is -2.14. The summed E-state index contributed by atoms with van der Waals surface area (Å²) < 4.78 is 44.1. The third-order valence-corrected chi connectivity index (χ3v) is 9.88. The molecule has 0 saturated carbocycles. The summed E-state index contributed by atoms with van der Waals surface area (Å²) in [6.45, 7) is 0. The summed E-state index contributed by atoms with van der Waals surface area (Å²) in [4.78, 5) is 11.3. The second-order valence-electron chi connectivity index (χ2n) is 5.04. The number of carbonyl (C=O) groups excluding carboxylic acids is 1. The molecule has 8 heteroatoms. The number of alkyl halides is 3. The molecule has 0 unspecified atom stereocenters. The summed E-state index contributed by atoms with van der Waals surface area (Å²) >= 11 is 4.20. The first kappa shape index (κ1) is 19.2. The highest BCUT2D eigenvalue weighted by Gasteiger charge is 2.48. The second-order valence-corrected chi connectivity index (χ2v) is 11.4. The van der Waals surface area contributed by atoms with Crippen LogP contribution in [0.25, 0.3) is 11.1 Å². The van der Waals surface area contributed by atoms with Gasteiger partial charge in [-0.25, -0.2) is 7.86 Å². The monoisotopic (exact) mass is 510 g/mol. The highest BCUT2D eigenvalue weighted by atomic mass is 127. The van der Waals surface area contributed by atoms with Crippen molar-refractivity contribution in [1.29, 1.82) is 0 Å². The van der Waals surface area contributed by atoms with Crippen molar-refractivity contribution in [1.82, 2.24) is 0 Å². The van der Waals surface area contributed by atoms with Gasteiger partial charge in [0.15, 0.2) is 3.57 Å². The van der Waals surface area contributed by atoms with Crippen LogP contribution < -0.4 is 20.2 Å². The molecule has 1 aromatic heterocycles. The van der Waals surface area contributed by atoms with E-state index >= 15 is 0 Å². The molecule has 26 heavy (non-hydrogen) atoms. The predicted octanol–water partition coefficient (Wildman–Crippen LogP) is 2.75. The largest absolute Gasteiger partial charge is 0.496 e. The maximum atomic E-state index is 12.6. The normalized spacial score (nSPS) is 11.6. The molecule has 1 heterocycles. The van der Waals surface area contributed by atoms with E-state index in [1.54, 1.807) is 53.9 Å². The number of carbonyl (C=O) groups is 1. The molecule has 3 aromatic rings. The van der Waals surface area contributed by atoms with Gasteiger partial charge >= 0.3 is 32.4 Å². The van der Waals surface area contributed by atoms with Crippen molar-refractivity contribution in [3.05, 3.63) is 77.5 Å². The molecule has 0 aliphatic rings. The average Bonchev–Trinajstić information content (AvgIpc) is 3.14. The Hall–Kier alpha value is -1.58. The summed E-state index contributed by atoms with van der Waals surface area (Å²) in [7, 11) is 0. The predicted molar refractivity (Wildman–Crippen MR) is 90.7 cm³/mol. The molecular formula is C18H11ClF3IO2S+. The summed E-state index contributed by atoms with van der Waals surface area (Å²) in [5.41, 5.74) is 1.83. The van der Waals surface area contributed by atoms with Gasteiger partial charge in [-0.3, -0.25) is 0 Å². The smallest absolute Gasteiger partial charge is 0.236 e. The van der Waals surface area contributed by atoms with Crippen molar-refractivity contribution in [2.45, 2.75) is 6.18 Å². The standard InChI is InChI=1S/C18H11ClF3IO2S/c19-14-7-3-12(4-8-14)13-5-9-15(10-6-13)23(16-2-1-11-26-16)25-17(24)18(20,21)22/h1-11H/q+1. The van der Waals surface area contributed by atoms with E-state index in [0.29, 0.717) is 11.5 Å². The van der Waals surface area contributed by atoms with Gasteiger partial charge in [0.25, 0.3) is 0 Å². The Kier molecular flexibility index (Phi) is 5.89. The maximum Gasteiger partial charge on any atom is 0.496 e. The zero-order valence-electron chi connectivity index (χ0n) is 13.0. The fourth-order valence-electron chi connectivity index (χ4n) is 2.06. The highest BCUT2D eigenvalue weighted by molar-refractivity contribution is 7.07. The van der Waals surface area contributed by atoms with Gasteiger partial charge < -0.3 is 0 Å². The van der Waals surface area contributed by atoms with Gasteiger partial charge in [-0.05, 0) is 59.0 Å². The van der Waals surface area contributed by atoms with E-state index in [-0.39, 0.29) is 0 Å². The fraction of sp³-hybridized carbons (Fsp3) is 0.0556. The molecule has 0 bridgehead atoms. The van der Waals surface area contributed by atoms with Crippen LogP contribution in [0.4, 0.5) is 13.2 Å². The molecule has 0 saturated heterocycles. The zero-order chi connectivity index (χ0) is 18.7. The lowest BCUT2D eigenvalue weighted by Crippen LogP contribution is -3.85. The first-order valence-electron chi connectivity index (χ1n) is 7.23. The van der Waals surface area contributed by atoms with Gasteiger partial charge in [0.2, 0.25) is 2.88 Å². The molecule has 0 aliphatic carbocycles. The number of rotatable bonds is 4. The van der Waals surface area contributed by atoms with Crippen LogP contribution in [-0.2, 0) is 7.86 Å². The van der Waals surface area contributed by atoms with Crippen LogP contribution in [0.15, 0.2) is 66.0 Å². The number of hydrogen-bond donors (Lipinski definition) is 0. The SMILES string of the molecule is O=C(O[I+](c1ccc(-c2ccc(Cl)cc2)cc1)c1cccs1)C(F)(F)F. The number of hydrogen-bond acceptors (Lipinski definition) is 3. The third-order valence-electron chi connectivity index (χ3n) is 3.25. The lowest BCUT2D eigenvalue weighted by Gasteiger charge is -2.06. The minimum Gasteiger partial charge on any atom is -0.236 e. The minimum absolute atomic E-state index is 0.618. The van der Waals surface area contributed by atoms with Crippen molar-refractivity contribution in [3.8, 4) is 11.1 Å². The maximum absolute atomic E-state index is 12.6. The third kappa shape index (κ3) is 4.57. The van der Waals surface area contributed by atoms with Crippen LogP contribution in [-0.4, -0.2) is 12.1 Å². The van der Waals surface area contributed by atoms with Crippen molar-refractivity contribution in [2.24, 2.45) is 0 Å². The number of thiophene rings is 1. The van der Waals surface area contributed by atoms with Gasteiger partial charge in [0.1, 0.15) is 0 Å². The van der Waals surface area contributed by atoms with Crippen molar-refractivity contribution < 1.29 is 41.3 Å². The summed E-state index contributed by atoms with van der Waals surface area (Å²) in [6.07, 6.45) is -5.00. The quantitative estimate of drug-likeness (QED) is 0.505. The molecule has 0 fully saturated rings. The van der Waals surface area contributed by atoms with Crippen LogP contribution in [0.1, 0.15) is 0 Å². The molecule has 0 atom stereocenters. The first-order chi connectivity index (χ1) is 12.3. The van der Waals surface area contributed by atoms with Crippen LogP contribution in [0.5, 0.6) is 0 Å². The van der Waals surface area contributed by atoms with E-state index in [1.165, 1.54) is 11.3 Å². The lowest BCUT2D eigenvalue weighted by atomic mass is 10.1. The molecule has 0 spiro atoms. The molecule has 0 aliphatic heterocycles. The Morgan fingerprint density at radius 1 is 0.962 bits per heavy atom. The Bertz CT molecular complexity index is 878. The van der Waals surface area contributed by atoms with Crippen molar-refractivity contribution in [3.63, 3.8) is 0 Å². The minimum atomic E-state index is -5.00. The summed E-state index contributed by atoms with van der Waals surface area (Å²) in [5, 5.41) is 2.37. The zero-order valence-corrected chi connectivity index (χ0v) is 16.7. The van der Waals surface area contributed by atoms with E-state index in [0.717, 1.165) is 11.1 Å². The van der Waals surface area contributed by atoms with Gasteiger partial charge in [-0.1, -0.05) is 35.1 Å². The van der Waals surface area contributed by atoms with E-state index in [4.69, 9.17) is 14.7 Å². The Labute approximate surface area is 164 Å². The molecule has 0 amide bonds. The van der Waals surface area contributed by atoms with Crippen LogP contribution in [0, 0.1) is 6.45 Å². The molecule has 2 nitrogen and oxygen atoms in total. The van der Waals surface area contributed by atoms with Crippen LogP contribution in [0.3, 0.4) is 0 Å². The molecule has 1 radical (unpaired) electrons. The lowest BCUT2D eigenvalue weighted by molar-refractivity contribution is -1.04. The summed E-state index contributed by atoms with van der Waals surface area (Å²) in [6, 6.07) is 17.7. The first-order valence-corrected chi connectivity index (χ1v) is 11.5. The topological polar surface area (TPSA) is 26.3 Å². The Morgan fingerprint density at radius 2 is 1.54 bits per heavy atom. The fourth-order valence-corrected chi connectivity index (χ4v) is 7.93. The van der Waals surface area contributed by atoms with E-state index in [2.05, 4.69) is 0 Å². The van der Waals surface area contributed by atoms with Crippen LogP contribution in [0.2, 0.25) is 5.02 Å². The van der Waals surface area contributed by atoms with Gasteiger partial charge in [-0.2, -0.15) is 13.2 Å². The molecule has 135 valence electrons. The molecule has 2 aromatic carbocycles. The average molecular weight is 511 g/mol. The van der Waals surface area contributed by atoms with Gasteiger partial charge in [0.05, 0.1) is 0 Å².